The van der Waals surface area contributed by atoms with Gasteiger partial charge in [-0.25, -0.2) is 4.79 Å². The van der Waals surface area contributed by atoms with Gasteiger partial charge in [0, 0.05) is 23.5 Å². The summed E-state index contributed by atoms with van der Waals surface area (Å²) in [5.41, 5.74) is 2.47. The lowest BCUT2D eigenvalue weighted by molar-refractivity contribution is 0.214. The van der Waals surface area contributed by atoms with Gasteiger partial charge in [-0.15, -0.1) is 0 Å². The fourth-order valence-electron chi connectivity index (χ4n) is 3.06. The zero-order valence-corrected chi connectivity index (χ0v) is 13.8. The minimum absolute atomic E-state index is 0.110. The quantitative estimate of drug-likeness (QED) is 0.846. The maximum Gasteiger partial charge on any atom is 0.315 e. The molecule has 2 amide bonds. The molecule has 3 rings (SSSR count). The summed E-state index contributed by atoms with van der Waals surface area (Å²) in [6.45, 7) is 1.19. The lowest BCUT2D eigenvalue weighted by atomic mass is 9.64. The number of rotatable bonds is 5. The summed E-state index contributed by atoms with van der Waals surface area (Å²) in [7, 11) is 0. The maximum absolute atomic E-state index is 12.1. The minimum Gasteiger partial charge on any atom is -0.337 e. The van der Waals surface area contributed by atoms with E-state index >= 15 is 0 Å². The molecule has 0 spiro atoms. The molecule has 23 heavy (non-hydrogen) atoms. The van der Waals surface area contributed by atoms with Gasteiger partial charge in [0.1, 0.15) is 0 Å². The molecule has 0 radical (unpaired) electrons. The van der Waals surface area contributed by atoms with Crippen LogP contribution >= 0.6 is 11.6 Å². The second-order valence-corrected chi connectivity index (χ2v) is 6.60. The smallest absolute Gasteiger partial charge is 0.315 e. The first-order chi connectivity index (χ1) is 11.2. The maximum atomic E-state index is 12.1. The molecule has 0 heterocycles. The van der Waals surface area contributed by atoms with E-state index in [1.54, 1.807) is 0 Å². The third kappa shape index (κ3) is 3.85. The van der Waals surface area contributed by atoms with Crippen LogP contribution in [0.15, 0.2) is 54.6 Å². The number of carbonyl (C=O) groups excluding carboxylic acids is 1. The van der Waals surface area contributed by atoms with Crippen molar-refractivity contribution in [1.82, 2.24) is 10.6 Å². The largest absolute Gasteiger partial charge is 0.337 e. The summed E-state index contributed by atoms with van der Waals surface area (Å²) in [6, 6.07) is 17.8. The van der Waals surface area contributed by atoms with Crippen molar-refractivity contribution in [1.29, 1.82) is 0 Å². The van der Waals surface area contributed by atoms with Crippen molar-refractivity contribution < 1.29 is 4.79 Å². The van der Waals surface area contributed by atoms with Crippen molar-refractivity contribution in [2.45, 2.75) is 31.2 Å². The summed E-state index contributed by atoms with van der Waals surface area (Å²) in [4.78, 5) is 12.1. The van der Waals surface area contributed by atoms with Crippen LogP contribution in [-0.4, -0.2) is 12.6 Å². The van der Waals surface area contributed by atoms with Gasteiger partial charge in [-0.3, -0.25) is 0 Å². The zero-order chi connectivity index (χ0) is 16.1. The van der Waals surface area contributed by atoms with Gasteiger partial charge < -0.3 is 10.6 Å². The Bertz CT molecular complexity index is 651. The fraction of sp³-hybridized carbons (Fsp3) is 0.316. The topological polar surface area (TPSA) is 41.1 Å². The molecule has 0 atom stereocenters. The lowest BCUT2D eigenvalue weighted by Crippen LogP contribution is -2.48. The average Bonchev–Trinajstić information content (AvgIpc) is 2.54. The molecule has 0 aromatic heterocycles. The van der Waals surface area contributed by atoms with Gasteiger partial charge in [0.25, 0.3) is 0 Å². The molecule has 1 aliphatic carbocycles. The third-order valence-corrected chi connectivity index (χ3v) is 4.90. The van der Waals surface area contributed by atoms with Crippen molar-refractivity contribution in [2.75, 3.05) is 6.54 Å². The molecule has 1 aliphatic rings. The first-order valence-electron chi connectivity index (χ1n) is 8.00. The van der Waals surface area contributed by atoms with E-state index in [9.17, 15) is 4.79 Å². The van der Waals surface area contributed by atoms with Gasteiger partial charge in [-0.2, -0.15) is 0 Å². The van der Waals surface area contributed by atoms with Crippen molar-refractivity contribution in [3.63, 3.8) is 0 Å². The standard InChI is InChI=1S/C19H21ClN2O/c20-17-9-7-15(8-10-17)13-21-18(23)22-14-19(11-4-12-19)16-5-2-1-3-6-16/h1-3,5-10H,4,11-14H2,(H2,21,22,23). The highest BCUT2D eigenvalue weighted by atomic mass is 35.5. The van der Waals surface area contributed by atoms with E-state index in [4.69, 9.17) is 11.6 Å². The molecular weight excluding hydrogens is 308 g/mol. The van der Waals surface area contributed by atoms with Gasteiger partial charge in [0.2, 0.25) is 0 Å². The molecule has 2 aromatic rings. The van der Waals surface area contributed by atoms with Crippen molar-refractivity contribution in [3.8, 4) is 0 Å². The Morgan fingerprint density at radius 3 is 2.30 bits per heavy atom. The highest BCUT2D eigenvalue weighted by Gasteiger charge is 2.38. The normalized spacial score (nSPS) is 15.5. The number of nitrogens with one attached hydrogen (secondary N) is 2. The van der Waals surface area contributed by atoms with Crippen LogP contribution in [-0.2, 0) is 12.0 Å². The number of halogens is 1. The van der Waals surface area contributed by atoms with Gasteiger partial charge in [-0.1, -0.05) is 60.5 Å². The zero-order valence-electron chi connectivity index (χ0n) is 13.0. The molecule has 2 aromatic carbocycles. The van der Waals surface area contributed by atoms with Gasteiger partial charge >= 0.3 is 6.03 Å². The monoisotopic (exact) mass is 328 g/mol. The molecule has 0 unspecified atom stereocenters. The van der Waals surface area contributed by atoms with Crippen LogP contribution in [0.3, 0.4) is 0 Å². The van der Waals surface area contributed by atoms with Crippen LogP contribution in [0.25, 0.3) is 0 Å². The summed E-state index contributed by atoms with van der Waals surface area (Å²) in [6.07, 6.45) is 3.49. The summed E-state index contributed by atoms with van der Waals surface area (Å²) in [5.74, 6) is 0. The van der Waals surface area contributed by atoms with Crippen LogP contribution in [0.5, 0.6) is 0 Å². The van der Waals surface area contributed by atoms with Crippen molar-refractivity contribution in [2.24, 2.45) is 0 Å². The van der Waals surface area contributed by atoms with E-state index in [1.807, 2.05) is 30.3 Å². The summed E-state index contributed by atoms with van der Waals surface area (Å²) >= 11 is 5.86. The molecule has 4 heteroatoms. The van der Waals surface area contributed by atoms with E-state index in [0.717, 1.165) is 18.4 Å². The van der Waals surface area contributed by atoms with Gasteiger partial charge in [0.05, 0.1) is 0 Å². The SMILES string of the molecule is O=C(NCc1ccc(Cl)cc1)NCC1(c2ccccc2)CCC1. The molecule has 1 fully saturated rings. The van der Waals surface area contributed by atoms with E-state index in [1.165, 1.54) is 12.0 Å². The molecule has 0 saturated heterocycles. The average molecular weight is 329 g/mol. The molecule has 3 nitrogen and oxygen atoms in total. The first-order valence-corrected chi connectivity index (χ1v) is 8.37. The number of amides is 2. The Morgan fingerprint density at radius 1 is 1.00 bits per heavy atom. The molecule has 0 bridgehead atoms. The predicted molar refractivity (Wildman–Crippen MR) is 93.7 cm³/mol. The first kappa shape index (κ1) is 15.9. The third-order valence-electron chi connectivity index (χ3n) is 4.65. The lowest BCUT2D eigenvalue weighted by Gasteiger charge is -2.42. The Morgan fingerprint density at radius 2 is 1.70 bits per heavy atom. The number of benzene rings is 2. The van der Waals surface area contributed by atoms with Crippen LogP contribution < -0.4 is 10.6 Å². The molecule has 120 valence electrons. The Hall–Kier alpha value is -2.00. The van der Waals surface area contributed by atoms with E-state index < -0.39 is 0 Å². The molecule has 2 N–H and O–H groups in total. The highest BCUT2D eigenvalue weighted by Crippen LogP contribution is 2.43. The van der Waals surface area contributed by atoms with Crippen molar-refractivity contribution >= 4 is 17.6 Å². The van der Waals surface area contributed by atoms with Gasteiger partial charge in [-0.05, 0) is 36.1 Å². The van der Waals surface area contributed by atoms with Crippen molar-refractivity contribution in [3.05, 3.63) is 70.7 Å². The van der Waals surface area contributed by atoms with E-state index in [-0.39, 0.29) is 11.4 Å². The highest BCUT2D eigenvalue weighted by molar-refractivity contribution is 6.30. The number of carbonyl (C=O) groups is 1. The molecular formula is C19H21ClN2O. The number of hydrogen-bond donors (Lipinski definition) is 2. The fourth-order valence-corrected chi connectivity index (χ4v) is 3.19. The Kier molecular flexibility index (Phi) is 4.87. The molecule has 0 aliphatic heterocycles. The van der Waals surface area contributed by atoms with Gasteiger partial charge in [0.15, 0.2) is 0 Å². The van der Waals surface area contributed by atoms with Crippen LogP contribution in [0, 0.1) is 0 Å². The predicted octanol–water partition coefficient (Wildman–Crippen LogP) is 4.26. The Balaban J connectivity index is 1.51. The van der Waals surface area contributed by atoms with Crippen LogP contribution in [0.1, 0.15) is 30.4 Å². The molecule has 1 saturated carbocycles. The number of hydrogen-bond acceptors (Lipinski definition) is 1. The van der Waals surface area contributed by atoms with E-state index in [0.29, 0.717) is 18.1 Å². The number of urea groups is 1. The Labute approximate surface area is 142 Å². The summed E-state index contributed by atoms with van der Waals surface area (Å²) in [5, 5.41) is 6.63. The second-order valence-electron chi connectivity index (χ2n) is 6.16. The van der Waals surface area contributed by atoms with E-state index in [2.05, 4.69) is 34.9 Å². The second kappa shape index (κ2) is 7.05. The van der Waals surface area contributed by atoms with Crippen LogP contribution in [0.2, 0.25) is 5.02 Å². The minimum atomic E-state index is -0.123. The summed E-state index contributed by atoms with van der Waals surface area (Å²) < 4.78 is 0. The van der Waals surface area contributed by atoms with Crippen LogP contribution in [0.4, 0.5) is 4.79 Å².